The Kier molecular flexibility index (Phi) is 6.41. The number of carbonyl (C=O) groups is 1. The Morgan fingerprint density at radius 3 is 2.78 bits per heavy atom. The Bertz CT molecular complexity index is 927. The molecule has 27 heavy (non-hydrogen) atoms. The summed E-state index contributed by atoms with van der Waals surface area (Å²) in [7, 11) is -2.35. The van der Waals surface area contributed by atoms with E-state index in [1.165, 1.54) is 36.7 Å². The fourth-order valence-electron chi connectivity index (χ4n) is 2.93. The molecule has 0 saturated carbocycles. The van der Waals surface area contributed by atoms with Gasteiger partial charge in [0.2, 0.25) is 5.91 Å². The topological polar surface area (TPSA) is 75.7 Å². The van der Waals surface area contributed by atoms with Crippen molar-refractivity contribution >= 4 is 38.9 Å². The first-order chi connectivity index (χ1) is 12.9. The molecule has 0 spiro atoms. The average Bonchev–Trinajstić information content (AvgIpc) is 3.27. The van der Waals surface area contributed by atoms with Gasteiger partial charge in [-0.05, 0) is 54.7 Å². The second kappa shape index (κ2) is 8.60. The second-order valence-electron chi connectivity index (χ2n) is 6.30. The van der Waals surface area contributed by atoms with Crippen molar-refractivity contribution in [3.05, 3.63) is 45.8 Å². The third kappa shape index (κ3) is 5.01. The van der Waals surface area contributed by atoms with Gasteiger partial charge < -0.3 is 10.1 Å². The lowest BCUT2D eigenvalue weighted by Gasteiger charge is -2.16. The van der Waals surface area contributed by atoms with Crippen molar-refractivity contribution in [2.24, 2.45) is 0 Å². The van der Waals surface area contributed by atoms with E-state index < -0.39 is 10.0 Å². The Labute approximate surface area is 168 Å². The number of thiophene rings is 1. The van der Waals surface area contributed by atoms with Gasteiger partial charge in [0.05, 0.1) is 17.4 Å². The van der Waals surface area contributed by atoms with E-state index in [4.69, 9.17) is 16.3 Å². The highest BCUT2D eigenvalue weighted by Crippen LogP contribution is 2.27. The number of sulfonamides is 1. The first-order valence-electron chi connectivity index (χ1n) is 8.59. The van der Waals surface area contributed by atoms with Crippen LogP contribution in [0.3, 0.4) is 0 Å². The monoisotopic (exact) mass is 428 g/mol. The van der Waals surface area contributed by atoms with E-state index in [2.05, 4.69) is 17.4 Å². The van der Waals surface area contributed by atoms with E-state index in [-0.39, 0.29) is 16.7 Å². The van der Waals surface area contributed by atoms with Gasteiger partial charge in [0.15, 0.2) is 0 Å². The zero-order valence-corrected chi connectivity index (χ0v) is 17.3. The minimum atomic E-state index is -3.72. The lowest BCUT2D eigenvalue weighted by atomic mass is 10.1. The number of hydrogen-bond donors (Lipinski definition) is 1. The first-order valence-corrected chi connectivity index (χ1v) is 11.2. The number of fused-ring (bicyclic) bond motifs is 1. The zero-order valence-electron chi connectivity index (χ0n) is 14.9. The van der Waals surface area contributed by atoms with Crippen LogP contribution < -0.4 is 10.1 Å². The maximum Gasteiger partial charge on any atom is 0.252 e. The lowest BCUT2D eigenvalue weighted by Crippen LogP contribution is -2.39. The average molecular weight is 429 g/mol. The zero-order chi connectivity index (χ0) is 19.4. The van der Waals surface area contributed by atoms with Gasteiger partial charge >= 0.3 is 0 Å². The Hall–Kier alpha value is -1.61. The highest BCUT2D eigenvalue weighted by molar-refractivity contribution is 7.91. The first kappa shape index (κ1) is 20.1. The van der Waals surface area contributed by atoms with Gasteiger partial charge in [-0.15, -0.1) is 11.3 Å². The van der Waals surface area contributed by atoms with E-state index in [1.807, 2.05) is 6.07 Å². The largest absolute Gasteiger partial charge is 0.492 e. The minimum Gasteiger partial charge on any atom is -0.492 e. The smallest absolute Gasteiger partial charge is 0.252 e. The molecule has 1 aromatic carbocycles. The number of aryl methyl sites for hydroxylation is 2. The van der Waals surface area contributed by atoms with Crippen LogP contribution in [-0.4, -0.2) is 45.4 Å². The summed E-state index contributed by atoms with van der Waals surface area (Å²) in [4.78, 5) is 12.0. The number of rotatable bonds is 8. The number of carbonyl (C=O) groups excluding carboxylic acids is 1. The fraction of sp³-hybridized carbons (Fsp3) is 0.389. The molecule has 146 valence electrons. The standard InChI is InChI=1S/C18H21ClN2O4S2/c1-21(27(23,24)18-8-7-16(19)26-18)12-17(22)20-9-10-25-15-6-5-13-3-2-4-14(13)11-15/h5-8,11H,2-4,9-10,12H2,1H3,(H,20,22). The third-order valence-corrected chi connectivity index (χ3v) is 7.84. The van der Waals surface area contributed by atoms with Gasteiger partial charge in [0.1, 0.15) is 16.6 Å². The van der Waals surface area contributed by atoms with Crippen molar-refractivity contribution in [2.45, 2.75) is 23.5 Å². The van der Waals surface area contributed by atoms with Crippen LogP contribution in [0.2, 0.25) is 4.34 Å². The molecule has 1 amide bonds. The molecule has 6 nitrogen and oxygen atoms in total. The van der Waals surface area contributed by atoms with Gasteiger partial charge in [-0.25, -0.2) is 8.42 Å². The molecule has 0 unspecified atom stereocenters. The molecule has 1 N–H and O–H groups in total. The number of nitrogens with zero attached hydrogens (tertiary/aromatic N) is 1. The molecule has 0 aliphatic heterocycles. The number of ether oxygens (including phenoxy) is 1. The van der Waals surface area contributed by atoms with Gasteiger partial charge in [0.25, 0.3) is 10.0 Å². The normalized spacial score (nSPS) is 13.6. The number of hydrogen-bond acceptors (Lipinski definition) is 5. The van der Waals surface area contributed by atoms with Crippen molar-refractivity contribution in [2.75, 3.05) is 26.7 Å². The van der Waals surface area contributed by atoms with Crippen LogP contribution in [0.15, 0.2) is 34.5 Å². The molecule has 0 atom stereocenters. The number of nitrogens with one attached hydrogen (secondary N) is 1. The summed E-state index contributed by atoms with van der Waals surface area (Å²) in [5.41, 5.74) is 2.71. The van der Waals surface area contributed by atoms with Crippen molar-refractivity contribution < 1.29 is 17.9 Å². The highest BCUT2D eigenvalue weighted by Gasteiger charge is 2.24. The van der Waals surface area contributed by atoms with E-state index >= 15 is 0 Å². The van der Waals surface area contributed by atoms with Crippen LogP contribution >= 0.6 is 22.9 Å². The maximum atomic E-state index is 12.4. The number of amides is 1. The molecule has 0 fully saturated rings. The molecule has 1 aromatic heterocycles. The molecule has 9 heteroatoms. The molecule has 0 radical (unpaired) electrons. The molecule has 2 aromatic rings. The molecular formula is C18H21ClN2O4S2. The summed E-state index contributed by atoms with van der Waals surface area (Å²) in [6.45, 7) is 0.354. The molecule has 1 aliphatic rings. The van der Waals surface area contributed by atoms with Crippen LogP contribution in [0.4, 0.5) is 0 Å². The van der Waals surface area contributed by atoms with Gasteiger partial charge in [0, 0.05) is 7.05 Å². The van der Waals surface area contributed by atoms with Crippen LogP contribution in [0.25, 0.3) is 0 Å². The molecule has 0 saturated heterocycles. The molecular weight excluding hydrogens is 408 g/mol. The van der Waals surface area contributed by atoms with Crippen molar-refractivity contribution in [1.82, 2.24) is 9.62 Å². The van der Waals surface area contributed by atoms with Gasteiger partial charge in [-0.3, -0.25) is 4.79 Å². The molecule has 0 bridgehead atoms. The van der Waals surface area contributed by atoms with Crippen molar-refractivity contribution in [3.63, 3.8) is 0 Å². The van der Waals surface area contributed by atoms with E-state index in [0.29, 0.717) is 17.5 Å². The van der Waals surface area contributed by atoms with Crippen LogP contribution in [-0.2, 0) is 27.7 Å². The highest BCUT2D eigenvalue weighted by atomic mass is 35.5. The number of benzene rings is 1. The maximum absolute atomic E-state index is 12.4. The summed E-state index contributed by atoms with van der Waals surface area (Å²) >= 11 is 6.75. The van der Waals surface area contributed by atoms with Crippen LogP contribution in [0.5, 0.6) is 5.75 Å². The fourth-order valence-corrected chi connectivity index (χ4v) is 5.75. The van der Waals surface area contributed by atoms with Crippen LogP contribution in [0.1, 0.15) is 17.5 Å². The summed E-state index contributed by atoms with van der Waals surface area (Å²) in [6, 6.07) is 9.03. The van der Waals surface area contributed by atoms with E-state index in [9.17, 15) is 13.2 Å². The van der Waals surface area contributed by atoms with Crippen LogP contribution in [0, 0.1) is 0 Å². The van der Waals surface area contributed by atoms with Gasteiger partial charge in [-0.1, -0.05) is 17.7 Å². The van der Waals surface area contributed by atoms with E-state index in [1.54, 1.807) is 0 Å². The third-order valence-electron chi connectivity index (χ3n) is 4.34. The van der Waals surface area contributed by atoms with Gasteiger partial charge in [-0.2, -0.15) is 4.31 Å². The minimum absolute atomic E-state index is 0.114. The molecule has 3 rings (SSSR count). The molecule has 1 heterocycles. The quantitative estimate of drug-likeness (QED) is 0.656. The summed E-state index contributed by atoms with van der Waals surface area (Å²) in [6.07, 6.45) is 3.39. The SMILES string of the molecule is CN(CC(=O)NCCOc1ccc2c(c1)CCC2)S(=O)(=O)c1ccc(Cl)s1. The Morgan fingerprint density at radius 1 is 1.26 bits per heavy atom. The number of likely N-dealkylation sites (N-methyl/N-ethyl adjacent to an activating group) is 1. The Morgan fingerprint density at radius 2 is 2.04 bits per heavy atom. The Balaban J connectivity index is 1.43. The lowest BCUT2D eigenvalue weighted by molar-refractivity contribution is -0.121. The second-order valence-corrected chi connectivity index (χ2v) is 10.3. The predicted molar refractivity (Wildman–Crippen MR) is 106 cm³/mol. The summed E-state index contributed by atoms with van der Waals surface area (Å²) in [5.74, 6) is 0.403. The summed E-state index contributed by atoms with van der Waals surface area (Å²) < 4.78 is 31.9. The van der Waals surface area contributed by atoms with Crippen molar-refractivity contribution in [1.29, 1.82) is 0 Å². The van der Waals surface area contributed by atoms with E-state index in [0.717, 1.165) is 34.2 Å². The number of halogens is 1. The van der Waals surface area contributed by atoms with Crippen molar-refractivity contribution in [3.8, 4) is 5.75 Å². The predicted octanol–water partition coefficient (Wildman–Crippen LogP) is 2.71. The molecule has 1 aliphatic carbocycles. The summed E-state index contributed by atoms with van der Waals surface area (Å²) in [5, 5.41) is 2.67.